The van der Waals surface area contributed by atoms with Crippen LogP contribution < -0.4 is 20.7 Å². The highest BCUT2D eigenvalue weighted by molar-refractivity contribution is 6.18. The fourth-order valence-electron chi connectivity index (χ4n) is 9.16. The number of carbonyl (C=O) groups excluding carboxylic acids is 2. The first-order valence-corrected chi connectivity index (χ1v) is 23.1. The number of likely N-dealkylation sites (tertiary alicyclic amines) is 2. The molecule has 2 amide bonds. The number of para-hydroxylation sites is 2. The molecule has 340 valence electrons. The summed E-state index contributed by atoms with van der Waals surface area (Å²) in [6, 6.07) is 34.2. The summed E-state index contributed by atoms with van der Waals surface area (Å²) in [5.74, 6) is 3.39. The van der Waals surface area contributed by atoms with Gasteiger partial charge in [-0.3, -0.25) is 15.0 Å². The number of amides is 2. The maximum atomic E-state index is 14.1. The fourth-order valence-corrected chi connectivity index (χ4v) is 9.32. The van der Waals surface area contributed by atoms with Crippen LogP contribution in [0.4, 0.5) is 5.82 Å². The highest BCUT2D eigenvalue weighted by atomic mass is 35.5. The zero-order valence-electron chi connectivity index (χ0n) is 36.7. The van der Waals surface area contributed by atoms with E-state index in [4.69, 9.17) is 42.0 Å². The number of nitrogen functional groups attached to an aromatic ring is 1. The van der Waals surface area contributed by atoms with Crippen LogP contribution in [-0.2, 0) is 16.1 Å². The largest absolute Gasteiger partial charge is 0.457 e. The Morgan fingerprint density at radius 3 is 1.67 bits per heavy atom. The number of carbonyl (C=O) groups is 2. The van der Waals surface area contributed by atoms with E-state index in [0.717, 1.165) is 48.3 Å². The van der Waals surface area contributed by atoms with Gasteiger partial charge in [0.1, 0.15) is 52.0 Å². The third kappa shape index (κ3) is 9.04. The lowest BCUT2D eigenvalue weighted by Crippen LogP contribution is -2.41. The normalized spacial score (nSPS) is 16.4. The molecule has 6 heterocycles. The number of hydrogen-bond acceptors (Lipinski definition) is 11. The van der Waals surface area contributed by atoms with Gasteiger partial charge in [0, 0.05) is 62.6 Å². The molecule has 2 aliphatic heterocycles. The number of alkyl halides is 1. The van der Waals surface area contributed by atoms with E-state index < -0.39 is 0 Å². The molecule has 2 aliphatic rings. The zero-order chi connectivity index (χ0) is 45.9. The maximum absolute atomic E-state index is 14.1. The van der Waals surface area contributed by atoms with E-state index in [0.29, 0.717) is 77.0 Å². The summed E-state index contributed by atoms with van der Waals surface area (Å²) in [7, 11) is 0. The summed E-state index contributed by atoms with van der Waals surface area (Å²) in [5, 5.41) is 21.0. The number of hydrogen-bond donors (Lipinski definition) is 2. The van der Waals surface area contributed by atoms with Crippen molar-refractivity contribution in [3.63, 3.8) is 0 Å². The lowest BCUT2D eigenvalue weighted by molar-refractivity contribution is -0.133. The van der Waals surface area contributed by atoms with Crippen molar-refractivity contribution in [2.75, 3.05) is 37.8 Å². The van der Waals surface area contributed by atoms with Gasteiger partial charge in [-0.2, -0.15) is 10.2 Å². The van der Waals surface area contributed by atoms with Gasteiger partial charge in [0.2, 0.25) is 11.8 Å². The van der Waals surface area contributed by atoms with Crippen LogP contribution in [0.3, 0.4) is 0 Å². The summed E-state index contributed by atoms with van der Waals surface area (Å²) in [6.07, 6.45) is 6.67. The molecule has 8 aromatic rings. The molecule has 4 aromatic heterocycles. The number of piperidine rings is 2. The quantitative estimate of drug-likeness (QED) is 0.106. The number of anilines is 1. The molecule has 0 saturated carbocycles. The number of nitrogens with two attached hydrogens (primary N) is 1. The van der Waals surface area contributed by atoms with Crippen molar-refractivity contribution < 1.29 is 19.1 Å². The van der Waals surface area contributed by atoms with Crippen LogP contribution >= 0.6 is 11.6 Å². The molecule has 17 heteroatoms. The molecule has 3 N–H and O–H groups in total. The molecule has 0 unspecified atom stereocenters. The summed E-state index contributed by atoms with van der Waals surface area (Å²) >= 11 is 5.95. The van der Waals surface area contributed by atoms with E-state index in [9.17, 15) is 15.0 Å². The number of rotatable bonds is 13. The van der Waals surface area contributed by atoms with E-state index in [-0.39, 0.29) is 54.7 Å². The molecular formula is C50H49ClN12O4. The summed E-state index contributed by atoms with van der Waals surface area (Å²) in [6.45, 7) is 2.41. The third-order valence-electron chi connectivity index (χ3n) is 12.5. The van der Waals surface area contributed by atoms with Crippen molar-refractivity contribution in [3.05, 3.63) is 127 Å². The van der Waals surface area contributed by atoms with Crippen LogP contribution in [0.1, 0.15) is 50.6 Å². The Labute approximate surface area is 391 Å². The Morgan fingerprint density at radius 1 is 0.642 bits per heavy atom. The van der Waals surface area contributed by atoms with Crippen LogP contribution in [0.5, 0.6) is 23.0 Å². The molecule has 0 radical (unpaired) electrons. The average molecular weight is 917 g/mol. The zero-order valence-corrected chi connectivity index (χ0v) is 37.5. The van der Waals surface area contributed by atoms with Gasteiger partial charge in [0.25, 0.3) is 0 Å². The molecule has 2 fully saturated rings. The second-order valence-electron chi connectivity index (χ2n) is 16.9. The molecule has 16 nitrogen and oxygen atoms in total. The molecule has 0 bridgehead atoms. The van der Waals surface area contributed by atoms with Gasteiger partial charge in [0.05, 0.1) is 29.2 Å². The Bertz CT molecular complexity index is 3100. The molecule has 0 aliphatic carbocycles. The minimum Gasteiger partial charge on any atom is -0.457 e. The van der Waals surface area contributed by atoms with Crippen LogP contribution in [0, 0.1) is 5.41 Å². The van der Waals surface area contributed by atoms with Crippen LogP contribution in [0.2, 0.25) is 0 Å². The molecule has 2 atom stereocenters. The highest BCUT2D eigenvalue weighted by Crippen LogP contribution is 2.36. The van der Waals surface area contributed by atoms with E-state index >= 15 is 0 Å². The van der Waals surface area contributed by atoms with E-state index in [1.807, 2.05) is 128 Å². The predicted molar refractivity (Wildman–Crippen MR) is 255 cm³/mol. The first-order valence-electron chi connectivity index (χ1n) is 22.6. The standard InChI is InChI=1S/C50H49ClN12O4/c51-25-23-41(64)59-26-7-10-36(29-59)63-50-44(46(58-63)34-17-21-40(22-18-34)67-38-13-5-2-6-14-38)48(53)61(32-56-50)28-24-42(65)60-27-8-9-35(30-60)62-49-43(47(52)54-31-55-49)45(57-62)33-15-19-39(20-16-33)66-37-11-3-1-4-12-37/h1-6,11-22,31-32,35-36,53H,7-10,23-30H2,(H2,52,54,55)/t35-,36-/m1/s1. The smallest absolute Gasteiger partial charge is 0.224 e. The Hall–Kier alpha value is -7.59. The lowest BCUT2D eigenvalue weighted by Gasteiger charge is -2.33. The number of nitrogens with one attached hydrogen (secondary N) is 1. The molecule has 67 heavy (non-hydrogen) atoms. The van der Waals surface area contributed by atoms with Crippen LogP contribution in [0.15, 0.2) is 122 Å². The second kappa shape index (κ2) is 19.1. The van der Waals surface area contributed by atoms with Crippen LogP contribution in [0.25, 0.3) is 44.6 Å². The number of fused-ring (bicyclic) bond motifs is 2. The van der Waals surface area contributed by atoms with Gasteiger partial charge in [0.15, 0.2) is 11.3 Å². The first kappa shape index (κ1) is 43.3. The number of nitrogens with zero attached hydrogens (tertiary/aromatic N) is 10. The average Bonchev–Trinajstić information content (AvgIpc) is 3.96. The van der Waals surface area contributed by atoms with Gasteiger partial charge in [-0.05, 0) is 98.5 Å². The minimum atomic E-state index is -0.153. The molecular weight excluding hydrogens is 868 g/mol. The topological polar surface area (TPSA) is 188 Å². The molecule has 10 rings (SSSR count). The highest BCUT2D eigenvalue weighted by Gasteiger charge is 2.31. The predicted octanol–water partition coefficient (Wildman–Crippen LogP) is 8.40. The SMILES string of the molecule is N=c1c2c(-c3ccc(Oc4ccccc4)cc3)nn([C@@H]3CCCN(C(=O)CCCl)C3)c2ncn1CCC(=O)N1CCC[C@@H](n2nc(-c3ccc(Oc4ccccc4)cc3)c3c(N)ncnc32)C1. The van der Waals surface area contributed by atoms with Gasteiger partial charge in [-0.15, -0.1) is 11.6 Å². The number of aromatic nitrogens is 8. The van der Waals surface area contributed by atoms with Crippen LogP contribution in [-0.4, -0.2) is 92.8 Å². The molecule has 4 aromatic carbocycles. The fraction of sp³-hybridized carbons (Fsp3) is 0.280. The maximum Gasteiger partial charge on any atom is 0.224 e. The Morgan fingerprint density at radius 2 is 1.13 bits per heavy atom. The van der Waals surface area contributed by atoms with Crippen molar-refractivity contribution in [1.82, 2.24) is 48.9 Å². The van der Waals surface area contributed by atoms with Gasteiger partial charge in [-0.25, -0.2) is 24.3 Å². The number of benzene rings is 4. The number of aryl methyl sites for hydroxylation is 1. The van der Waals surface area contributed by atoms with Crippen molar-refractivity contribution in [1.29, 1.82) is 5.41 Å². The summed E-state index contributed by atoms with van der Waals surface area (Å²) < 4.78 is 17.6. The monoisotopic (exact) mass is 916 g/mol. The second-order valence-corrected chi connectivity index (χ2v) is 17.2. The van der Waals surface area contributed by atoms with E-state index in [1.165, 1.54) is 6.33 Å². The third-order valence-corrected chi connectivity index (χ3v) is 12.7. The van der Waals surface area contributed by atoms with Crippen molar-refractivity contribution >= 4 is 51.3 Å². The Kier molecular flexibility index (Phi) is 12.3. The number of halogens is 1. The molecule has 0 spiro atoms. The van der Waals surface area contributed by atoms with Crippen molar-refractivity contribution in [3.8, 4) is 45.5 Å². The van der Waals surface area contributed by atoms with E-state index in [1.54, 1.807) is 10.9 Å². The first-order chi connectivity index (χ1) is 32.8. The van der Waals surface area contributed by atoms with E-state index in [2.05, 4.69) is 9.97 Å². The lowest BCUT2D eigenvalue weighted by atomic mass is 10.1. The Balaban J connectivity index is 0.891. The van der Waals surface area contributed by atoms with Crippen molar-refractivity contribution in [2.24, 2.45) is 0 Å². The number of ether oxygens (including phenoxy) is 2. The van der Waals surface area contributed by atoms with Gasteiger partial charge in [-0.1, -0.05) is 36.4 Å². The summed E-state index contributed by atoms with van der Waals surface area (Å²) in [4.78, 5) is 44.6. The minimum absolute atomic E-state index is 0.0138. The van der Waals surface area contributed by atoms with Gasteiger partial charge < -0.3 is 29.6 Å². The molecule has 2 saturated heterocycles. The van der Waals surface area contributed by atoms with Gasteiger partial charge >= 0.3 is 0 Å². The van der Waals surface area contributed by atoms with Crippen molar-refractivity contribution in [2.45, 2.75) is 57.2 Å². The summed E-state index contributed by atoms with van der Waals surface area (Å²) in [5.41, 5.74) is 10.7.